The highest BCUT2D eigenvalue weighted by Gasteiger charge is 2.52. The number of hydrogen-bond donors (Lipinski definition) is 2. The van der Waals surface area contributed by atoms with Gasteiger partial charge in [0.15, 0.2) is 11.6 Å². The molecule has 1 spiro atoms. The molecule has 0 saturated carbocycles. The second kappa shape index (κ2) is 12.9. The lowest BCUT2D eigenvalue weighted by Gasteiger charge is -2.50. The van der Waals surface area contributed by atoms with Crippen molar-refractivity contribution in [2.75, 3.05) is 6.61 Å². The van der Waals surface area contributed by atoms with Gasteiger partial charge in [0.1, 0.15) is 17.6 Å². The highest BCUT2D eigenvalue weighted by Crippen LogP contribution is 2.45. The normalized spacial score (nSPS) is 42.7. The van der Waals surface area contributed by atoms with E-state index < -0.39 is 36.0 Å². The first kappa shape index (κ1) is 31.6. The lowest BCUT2D eigenvalue weighted by Crippen LogP contribution is -2.55. The zero-order valence-corrected chi connectivity index (χ0v) is 25.5. The molecule has 7 heteroatoms. The molecule has 1 aliphatic carbocycles. The fourth-order valence-corrected chi connectivity index (χ4v) is 6.78. The number of esters is 1. The van der Waals surface area contributed by atoms with Gasteiger partial charge >= 0.3 is 5.97 Å². The van der Waals surface area contributed by atoms with Crippen molar-refractivity contribution in [3.05, 3.63) is 58.7 Å². The summed E-state index contributed by atoms with van der Waals surface area (Å²) in [6.45, 7) is 11.7. The lowest BCUT2D eigenvalue weighted by molar-refractivity contribution is -0.329. The first-order chi connectivity index (χ1) is 19.4. The molecule has 0 aromatic rings. The number of rotatable bonds is 2. The average Bonchev–Trinajstić information content (AvgIpc) is 2.92. The van der Waals surface area contributed by atoms with E-state index >= 15 is 0 Å². The van der Waals surface area contributed by atoms with Crippen LogP contribution in [0.25, 0.3) is 0 Å². The smallest absolute Gasteiger partial charge is 0.316 e. The number of aliphatic hydroxyl groups is 2. The zero-order chi connectivity index (χ0) is 29.9. The van der Waals surface area contributed by atoms with E-state index in [0.717, 1.165) is 18.4 Å². The largest absolute Gasteiger partial charge is 0.462 e. The van der Waals surface area contributed by atoms with Crippen LogP contribution >= 0.6 is 0 Å². The summed E-state index contributed by atoms with van der Waals surface area (Å²) in [4.78, 5) is 26.6. The van der Waals surface area contributed by atoms with Gasteiger partial charge in [0.05, 0.1) is 18.8 Å². The van der Waals surface area contributed by atoms with Crippen molar-refractivity contribution in [1.82, 2.24) is 0 Å². The molecule has 4 aliphatic rings. The summed E-state index contributed by atoms with van der Waals surface area (Å²) in [6, 6.07) is 0. The van der Waals surface area contributed by atoms with Gasteiger partial charge in [-0.1, -0.05) is 55.9 Å². The molecule has 0 amide bonds. The van der Waals surface area contributed by atoms with E-state index in [4.69, 9.17) is 14.2 Å². The molecule has 0 aromatic carbocycles. The quantitative estimate of drug-likeness (QED) is 0.327. The molecule has 0 radical (unpaired) electrons. The van der Waals surface area contributed by atoms with Gasteiger partial charge in [0.2, 0.25) is 0 Å². The summed E-state index contributed by atoms with van der Waals surface area (Å²) in [7, 11) is 0. The average molecular weight is 569 g/mol. The monoisotopic (exact) mass is 568 g/mol. The van der Waals surface area contributed by atoms with Crippen molar-refractivity contribution in [3.8, 4) is 0 Å². The maximum absolute atomic E-state index is 13.8. The number of carbonyl (C=O) groups excluding carboxylic acids is 2. The molecule has 2 bridgehead atoms. The number of ether oxygens (including phenoxy) is 3. The maximum atomic E-state index is 13.8. The molecule has 2 fully saturated rings. The van der Waals surface area contributed by atoms with Crippen LogP contribution in [0.1, 0.15) is 86.5 Å². The summed E-state index contributed by atoms with van der Waals surface area (Å²) >= 11 is 0. The van der Waals surface area contributed by atoms with Gasteiger partial charge < -0.3 is 24.4 Å². The molecule has 41 heavy (non-hydrogen) atoms. The Morgan fingerprint density at radius 1 is 1.17 bits per heavy atom. The molecule has 8 atom stereocenters. The van der Waals surface area contributed by atoms with Gasteiger partial charge in [-0.15, -0.1) is 0 Å². The van der Waals surface area contributed by atoms with Crippen molar-refractivity contribution < 1.29 is 34.0 Å². The van der Waals surface area contributed by atoms with Crippen molar-refractivity contribution in [1.29, 1.82) is 0 Å². The van der Waals surface area contributed by atoms with Crippen LogP contribution in [0.3, 0.4) is 0 Å². The summed E-state index contributed by atoms with van der Waals surface area (Å²) in [6.07, 6.45) is 14.2. The Labute approximate surface area is 245 Å². The molecular formula is C34H48O7. The molecular weight excluding hydrogens is 520 g/mol. The van der Waals surface area contributed by atoms with E-state index in [0.29, 0.717) is 37.2 Å². The maximum Gasteiger partial charge on any atom is 0.316 e. The number of fused-ring (bicyclic) bond motifs is 3. The van der Waals surface area contributed by atoms with Crippen LogP contribution in [-0.2, 0) is 23.8 Å². The summed E-state index contributed by atoms with van der Waals surface area (Å²) < 4.78 is 19.6. The van der Waals surface area contributed by atoms with Crippen molar-refractivity contribution in [2.24, 2.45) is 17.8 Å². The second-order valence-electron chi connectivity index (χ2n) is 12.8. The fraction of sp³-hybridized carbons (Fsp3) is 0.647. The Kier molecular flexibility index (Phi) is 9.95. The van der Waals surface area contributed by atoms with E-state index in [9.17, 15) is 19.8 Å². The van der Waals surface area contributed by atoms with Crippen LogP contribution in [-0.4, -0.2) is 58.3 Å². The number of carbonyl (C=O) groups is 2. The fourth-order valence-electron chi connectivity index (χ4n) is 6.78. The first-order valence-corrected chi connectivity index (χ1v) is 15.2. The molecule has 226 valence electrons. The molecule has 2 N–H and O–H groups in total. The van der Waals surface area contributed by atoms with Crippen molar-refractivity contribution in [2.45, 2.75) is 116 Å². The Morgan fingerprint density at radius 2 is 1.93 bits per heavy atom. The SMILES string of the molecule is C/C=C(\C)[C@H]1O[C@]2(CC[C@@H]1C)C[C@@H]1C[C@@H](C/C=C(\C)C[C@@H](C)/C=C/C=C(\CO)[C@]3(O)CC(=O)C(C)=C[C@H]3C(=O)O1)O2. The minimum Gasteiger partial charge on any atom is -0.462 e. The van der Waals surface area contributed by atoms with Crippen LogP contribution in [0.4, 0.5) is 0 Å². The number of allylic oxidation sites excluding steroid dienone is 6. The van der Waals surface area contributed by atoms with Gasteiger partial charge in [-0.25, -0.2) is 0 Å². The van der Waals surface area contributed by atoms with Crippen LogP contribution in [0, 0.1) is 17.8 Å². The summed E-state index contributed by atoms with van der Waals surface area (Å²) in [5.41, 5.74) is 1.13. The Hall–Kier alpha value is -2.32. The topological polar surface area (TPSA) is 102 Å². The van der Waals surface area contributed by atoms with E-state index in [1.807, 2.05) is 13.0 Å². The third kappa shape index (κ3) is 7.02. The van der Waals surface area contributed by atoms with Crippen LogP contribution < -0.4 is 0 Å². The summed E-state index contributed by atoms with van der Waals surface area (Å²) in [5, 5.41) is 22.1. The molecule has 0 aromatic heterocycles. The Morgan fingerprint density at radius 3 is 2.63 bits per heavy atom. The third-order valence-electron chi connectivity index (χ3n) is 9.36. The van der Waals surface area contributed by atoms with Crippen molar-refractivity contribution in [3.63, 3.8) is 0 Å². The van der Waals surface area contributed by atoms with Gasteiger partial charge in [-0.05, 0) is 75.5 Å². The molecule has 3 heterocycles. The standard InChI is InChI=1S/C34H48O7/c1-7-23(4)31-24(5)13-14-33(41-31)18-28-17-27(40-33)12-11-22(3)15-21(2)9-8-10-26(20-35)34(38)19-30(36)25(6)16-29(34)32(37)39-28/h7-11,16,21,24,27-29,31,35,38H,12-15,17-20H2,1-6H3/b9-8+,22-11+,23-7+,26-10+/t21-,24-,27+,28-,29-,31+,33+,34+/m0/s1. The molecule has 7 nitrogen and oxygen atoms in total. The predicted molar refractivity (Wildman–Crippen MR) is 158 cm³/mol. The van der Waals surface area contributed by atoms with Gasteiger partial charge in [-0.2, -0.15) is 0 Å². The van der Waals surface area contributed by atoms with Crippen LogP contribution in [0.5, 0.6) is 0 Å². The first-order valence-electron chi connectivity index (χ1n) is 15.2. The van der Waals surface area contributed by atoms with Crippen LogP contribution in [0.15, 0.2) is 58.7 Å². The third-order valence-corrected chi connectivity index (χ3v) is 9.36. The van der Waals surface area contributed by atoms with Crippen LogP contribution in [0.2, 0.25) is 0 Å². The molecule has 3 aliphatic heterocycles. The highest BCUT2D eigenvalue weighted by atomic mass is 16.7. The lowest BCUT2D eigenvalue weighted by atomic mass is 9.72. The number of Topliss-reactive ketones (excluding diaryl/α,β-unsaturated/α-hetero) is 1. The number of ketones is 1. The van der Waals surface area contributed by atoms with E-state index in [1.54, 1.807) is 19.1 Å². The van der Waals surface area contributed by atoms with Gasteiger partial charge in [0.25, 0.3) is 0 Å². The minimum atomic E-state index is -1.88. The predicted octanol–water partition coefficient (Wildman–Crippen LogP) is 5.67. The summed E-state index contributed by atoms with van der Waals surface area (Å²) in [5.74, 6) is -2.32. The highest BCUT2D eigenvalue weighted by molar-refractivity contribution is 5.99. The Balaban J connectivity index is 1.73. The van der Waals surface area contributed by atoms with E-state index in [-0.39, 0.29) is 35.9 Å². The van der Waals surface area contributed by atoms with Gasteiger partial charge in [-0.3, -0.25) is 9.59 Å². The number of aliphatic hydroxyl groups excluding tert-OH is 1. The van der Waals surface area contributed by atoms with Crippen molar-refractivity contribution >= 4 is 11.8 Å². The molecule has 2 saturated heterocycles. The van der Waals surface area contributed by atoms with E-state index in [2.05, 4.69) is 39.8 Å². The number of hydrogen-bond acceptors (Lipinski definition) is 7. The zero-order valence-electron chi connectivity index (χ0n) is 25.5. The second-order valence-corrected chi connectivity index (χ2v) is 12.8. The minimum absolute atomic E-state index is 0.0797. The molecule has 4 rings (SSSR count). The Bertz CT molecular complexity index is 1160. The molecule has 0 unspecified atom stereocenters. The van der Waals surface area contributed by atoms with Gasteiger partial charge in [0, 0.05) is 25.7 Å². The van der Waals surface area contributed by atoms with E-state index in [1.165, 1.54) is 11.6 Å².